The number of amides is 1. The Kier molecular flexibility index (Phi) is 3.75. The lowest BCUT2D eigenvalue weighted by atomic mass is 9.94. The Morgan fingerprint density at radius 3 is 2.86 bits per heavy atom. The summed E-state index contributed by atoms with van der Waals surface area (Å²) in [6, 6.07) is 8.22. The summed E-state index contributed by atoms with van der Waals surface area (Å²) in [6.45, 7) is 0. The molecular weight excluding hydrogens is 286 g/mol. The van der Waals surface area contributed by atoms with Gasteiger partial charge in [-0.25, -0.2) is 4.79 Å². The van der Waals surface area contributed by atoms with Crippen LogP contribution >= 0.6 is 11.3 Å². The molecule has 3 rings (SSSR count). The number of aromatic carboxylic acids is 1. The zero-order valence-electron chi connectivity index (χ0n) is 11.3. The third kappa shape index (κ3) is 2.83. The maximum Gasteiger partial charge on any atom is 0.335 e. The average Bonchev–Trinajstić information content (AvgIpc) is 2.97. The first-order valence-corrected chi connectivity index (χ1v) is 7.73. The first-order valence-electron chi connectivity index (χ1n) is 6.85. The Morgan fingerprint density at radius 2 is 2.05 bits per heavy atom. The molecule has 0 saturated heterocycles. The predicted molar refractivity (Wildman–Crippen MR) is 80.9 cm³/mol. The first-order chi connectivity index (χ1) is 10.1. The van der Waals surface area contributed by atoms with Gasteiger partial charge in [0.1, 0.15) is 0 Å². The second kappa shape index (κ2) is 5.69. The number of carbonyl (C=O) groups is 2. The molecule has 1 heterocycles. The zero-order chi connectivity index (χ0) is 14.8. The molecule has 1 aromatic heterocycles. The lowest BCUT2D eigenvalue weighted by molar-refractivity contribution is 0.0697. The molecule has 1 aliphatic carbocycles. The van der Waals surface area contributed by atoms with E-state index in [0.29, 0.717) is 5.56 Å². The van der Waals surface area contributed by atoms with E-state index in [1.54, 1.807) is 23.5 Å². The number of rotatable bonds is 3. The van der Waals surface area contributed by atoms with Crippen molar-refractivity contribution in [3.63, 3.8) is 0 Å². The highest BCUT2D eigenvalue weighted by Crippen LogP contribution is 2.33. The average molecular weight is 301 g/mol. The minimum absolute atomic E-state index is 0.0287. The molecule has 1 unspecified atom stereocenters. The molecule has 2 aromatic rings. The summed E-state index contributed by atoms with van der Waals surface area (Å²) < 4.78 is 0. The summed E-state index contributed by atoms with van der Waals surface area (Å²) in [7, 11) is 0. The number of fused-ring (bicyclic) bond motifs is 1. The highest BCUT2D eigenvalue weighted by molar-refractivity contribution is 7.10. The number of carboxylic acids is 1. The van der Waals surface area contributed by atoms with E-state index in [1.807, 2.05) is 0 Å². The standard InChI is InChI=1S/C16H15NO3S/c18-15(10-3-1-4-11(9-10)16(19)20)17-13-5-2-6-14-12(13)7-8-21-14/h1,3-4,7-9,13H,2,5-6H2,(H,17,18)(H,19,20). The van der Waals surface area contributed by atoms with Gasteiger partial charge in [-0.2, -0.15) is 0 Å². The van der Waals surface area contributed by atoms with Gasteiger partial charge in [-0.1, -0.05) is 6.07 Å². The van der Waals surface area contributed by atoms with Crippen LogP contribution in [0.3, 0.4) is 0 Å². The van der Waals surface area contributed by atoms with Gasteiger partial charge in [0.05, 0.1) is 11.6 Å². The fourth-order valence-corrected chi connectivity index (χ4v) is 3.66. The number of hydrogen-bond donors (Lipinski definition) is 2. The molecule has 2 N–H and O–H groups in total. The van der Waals surface area contributed by atoms with Crippen molar-refractivity contribution in [2.45, 2.75) is 25.3 Å². The quantitative estimate of drug-likeness (QED) is 0.914. The van der Waals surface area contributed by atoms with E-state index in [2.05, 4.69) is 16.8 Å². The van der Waals surface area contributed by atoms with Crippen molar-refractivity contribution < 1.29 is 14.7 Å². The van der Waals surface area contributed by atoms with Gasteiger partial charge in [0, 0.05) is 10.4 Å². The lowest BCUT2D eigenvalue weighted by Gasteiger charge is -2.23. The third-order valence-electron chi connectivity index (χ3n) is 3.73. The molecule has 1 atom stereocenters. The topological polar surface area (TPSA) is 66.4 Å². The third-order valence-corrected chi connectivity index (χ3v) is 4.73. The van der Waals surface area contributed by atoms with Crippen LogP contribution in [0.2, 0.25) is 0 Å². The number of benzene rings is 1. The molecule has 0 aliphatic heterocycles. The van der Waals surface area contributed by atoms with Gasteiger partial charge in [0.25, 0.3) is 5.91 Å². The molecule has 4 nitrogen and oxygen atoms in total. The smallest absolute Gasteiger partial charge is 0.335 e. The largest absolute Gasteiger partial charge is 0.478 e. The molecule has 0 saturated carbocycles. The van der Waals surface area contributed by atoms with E-state index in [0.717, 1.165) is 19.3 Å². The van der Waals surface area contributed by atoms with Crippen LogP contribution in [-0.2, 0) is 6.42 Å². The van der Waals surface area contributed by atoms with Crippen molar-refractivity contribution in [2.75, 3.05) is 0 Å². The highest BCUT2D eigenvalue weighted by Gasteiger charge is 2.23. The van der Waals surface area contributed by atoms with Gasteiger partial charge >= 0.3 is 5.97 Å². The zero-order valence-corrected chi connectivity index (χ0v) is 12.2. The molecule has 1 amide bonds. The highest BCUT2D eigenvalue weighted by atomic mass is 32.1. The van der Waals surface area contributed by atoms with Crippen LogP contribution in [0, 0.1) is 0 Å². The number of thiophene rings is 1. The van der Waals surface area contributed by atoms with Gasteiger partial charge < -0.3 is 10.4 Å². The normalized spacial score (nSPS) is 17.0. The van der Waals surface area contributed by atoms with Gasteiger partial charge in [-0.3, -0.25) is 4.79 Å². The lowest BCUT2D eigenvalue weighted by Crippen LogP contribution is -2.30. The van der Waals surface area contributed by atoms with Crippen LogP contribution < -0.4 is 5.32 Å². The molecule has 1 aromatic carbocycles. The van der Waals surface area contributed by atoms with E-state index < -0.39 is 5.97 Å². The van der Waals surface area contributed by atoms with Gasteiger partial charge in [-0.05, 0) is 54.5 Å². The minimum Gasteiger partial charge on any atom is -0.478 e. The molecule has 0 spiro atoms. The van der Waals surface area contributed by atoms with Crippen LogP contribution in [0.5, 0.6) is 0 Å². The fourth-order valence-electron chi connectivity index (χ4n) is 2.67. The second-order valence-corrected chi connectivity index (χ2v) is 6.10. The summed E-state index contributed by atoms with van der Waals surface area (Å²) >= 11 is 1.73. The Balaban J connectivity index is 1.79. The minimum atomic E-state index is -1.03. The van der Waals surface area contributed by atoms with E-state index >= 15 is 0 Å². The van der Waals surface area contributed by atoms with Gasteiger partial charge in [-0.15, -0.1) is 11.3 Å². The van der Waals surface area contributed by atoms with Crippen molar-refractivity contribution >= 4 is 23.2 Å². The van der Waals surface area contributed by atoms with Crippen molar-refractivity contribution in [2.24, 2.45) is 0 Å². The number of nitrogens with one attached hydrogen (secondary N) is 1. The van der Waals surface area contributed by atoms with Crippen LogP contribution in [-0.4, -0.2) is 17.0 Å². The van der Waals surface area contributed by atoms with E-state index in [9.17, 15) is 9.59 Å². The van der Waals surface area contributed by atoms with E-state index in [4.69, 9.17) is 5.11 Å². The number of aryl methyl sites for hydroxylation is 1. The predicted octanol–water partition coefficient (Wildman–Crippen LogP) is 3.25. The molecular formula is C16H15NO3S. The van der Waals surface area contributed by atoms with Gasteiger partial charge in [0.15, 0.2) is 0 Å². The van der Waals surface area contributed by atoms with Crippen molar-refractivity contribution in [3.8, 4) is 0 Å². The van der Waals surface area contributed by atoms with E-state index in [1.165, 1.54) is 22.6 Å². The summed E-state index contributed by atoms with van der Waals surface area (Å²) in [5.74, 6) is -1.25. The van der Waals surface area contributed by atoms with Crippen LogP contribution in [0.4, 0.5) is 0 Å². The number of hydrogen-bond acceptors (Lipinski definition) is 3. The van der Waals surface area contributed by atoms with Crippen LogP contribution in [0.1, 0.15) is 50.0 Å². The van der Waals surface area contributed by atoms with Crippen molar-refractivity contribution in [1.82, 2.24) is 5.32 Å². The maximum absolute atomic E-state index is 12.3. The summed E-state index contributed by atoms with van der Waals surface area (Å²) in [5, 5.41) is 14.1. The first kappa shape index (κ1) is 13.8. The Labute approximate surface area is 126 Å². The van der Waals surface area contributed by atoms with Crippen molar-refractivity contribution in [3.05, 3.63) is 57.3 Å². The second-order valence-electron chi connectivity index (χ2n) is 5.10. The Bertz CT molecular complexity index is 692. The van der Waals surface area contributed by atoms with E-state index in [-0.39, 0.29) is 17.5 Å². The summed E-state index contributed by atoms with van der Waals surface area (Å²) in [4.78, 5) is 24.6. The summed E-state index contributed by atoms with van der Waals surface area (Å²) in [6.07, 6.45) is 3.07. The Morgan fingerprint density at radius 1 is 1.24 bits per heavy atom. The molecule has 0 fully saturated rings. The SMILES string of the molecule is O=C(O)c1cccc(C(=O)NC2CCCc3sccc32)c1. The monoisotopic (exact) mass is 301 g/mol. The molecule has 1 aliphatic rings. The number of carboxylic acid groups (broad SMARTS) is 1. The van der Waals surface area contributed by atoms with Crippen LogP contribution in [0.25, 0.3) is 0 Å². The molecule has 0 radical (unpaired) electrons. The number of carbonyl (C=O) groups excluding carboxylic acids is 1. The maximum atomic E-state index is 12.3. The fraction of sp³-hybridized carbons (Fsp3) is 0.250. The summed E-state index contributed by atoms with van der Waals surface area (Å²) in [5.41, 5.74) is 1.72. The molecule has 0 bridgehead atoms. The Hall–Kier alpha value is -2.14. The van der Waals surface area contributed by atoms with Gasteiger partial charge in [0.2, 0.25) is 0 Å². The molecule has 21 heavy (non-hydrogen) atoms. The molecule has 108 valence electrons. The van der Waals surface area contributed by atoms with Crippen molar-refractivity contribution in [1.29, 1.82) is 0 Å². The van der Waals surface area contributed by atoms with Crippen LogP contribution in [0.15, 0.2) is 35.7 Å². The molecule has 5 heteroatoms.